The molecule has 5 aromatic carbocycles. The van der Waals surface area contributed by atoms with E-state index in [1.54, 1.807) is 7.11 Å². The van der Waals surface area contributed by atoms with Crippen LogP contribution in [-0.2, 0) is 47.2 Å². The zero-order chi connectivity index (χ0) is 34.6. The highest BCUT2D eigenvalue weighted by Gasteiger charge is 2.51. The van der Waals surface area contributed by atoms with Gasteiger partial charge in [0.05, 0.1) is 19.8 Å². The normalized spacial score (nSPS) is 20.6. The molecule has 0 bridgehead atoms. The molecule has 258 valence electrons. The van der Waals surface area contributed by atoms with Crippen LogP contribution in [0.15, 0.2) is 152 Å². The molecule has 0 amide bonds. The van der Waals surface area contributed by atoms with Crippen LogP contribution in [0.5, 0.6) is 0 Å². The summed E-state index contributed by atoms with van der Waals surface area (Å²) in [7, 11) is 1.60. The Morgan fingerprint density at radius 2 is 1.04 bits per heavy atom. The van der Waals surface area contributed by atoms with Gasteiger partial charge in [0.1, 0.15) is 23.9 Å². The minimum absolute atomic E-state index is 0.142. The molecule has 1 fully saturated rings. The van der Waals surface area contributed by atoms with Gasteiger partial charge in [0.25, 0.3) is 0 Å². The molecular weight excluding hydrogens is 665 g/mol. The third-order valence-electron chi connectivity index (χ3n) is 8.80. The van der Waals surface area contributed by atoms with Crippen LogP contribution >= 0.6 is 24.0 Å². The van der Waals surface area contributed by atoms with Crippen molar-refractivity contribution in [3.8, 4) is 0 Å². The molecule has 5 atom stereocenters. The fourth-order valence-corrected chi connectivity index (χ4v) is 6.71. The molecule has 0 unspecified atom stereocenters. The molecule has 0 aromatic heterocycles. The van der Waals surface area contributed by atoms with Gasteiger partial charge < -0.3 is 28.4 Å². The van der Waals surface area contributed by atoms with Crippen molar-refractivity contribution in [3.05, 3.63) is 179 Å². The van der Waals surface area contributed by atoms with E-state index < -0.39 is 36.3 Å². The Labute approximate surface area is 304 Å². The monoisotopic (exact) mass is 706 g/mol. The van der Waals surface area contributed by atoms with Crippen LogP contribution in [0.1, 0.15) is 27.8 Å². The van der Waals surface area contributed by atoms with Crippen LogP contribution in [0, 0.1) is 0 Å². The number of benzene rings is 5. The van der Waals surface area contributed by atoms with Crippen molar-refractivity contribution < 1.29 is 28.4 Å². The Kier molecular flexibility index (Phi) is 12.9. The fraction of sp³-hybridized carbons (Fsp3) is 0.262. The number of methoxy groups -OCH3 is 1. The summed E-state index contributed by atoms with van der Waals surface area (Å²) in [5, 5.41) is 0. The summed E-state index contributed by atoms with van der Waals surface area (Å²) in [6.07, 6.45) is -1.52. The van der Waals surface area contributed by atoms with Gasteiger partial charge in [-0.05, 0) is 46.3 Å². The summed E-state index contributed by atoms with van der Waals surface area (Å²) in [5.41, 5.74) is 4.04. The van der Waals surface area contributed by atoms with Gasteiger partial charge in [-0.1, -0.05) is 163 Å². The smallest absolute Gasteiger partial charge is 0.220 e. The van der Waals surface area contributed by atoms with Crippen LogP contribution in [0.3, 0.4) is 0 Å². The highest BCUT2D eigenvalue weighted by Crippen LogP contribution is 2.42. The lowest BCUT2D eigenvalue weighted by atomic mass is 9.80. The van der Waals surface area contributed by atoms with Gasteiger partial charge in [-0.2, -0.15) is 0 Å². The van der Waals surface area contributed by atoms with Crippen LogP contribution in [0.25, 0.3) is 0 Å². The second kappa shape index (κ2) is 17.9. The predicted octanol–water partition coefficient (Wildman–Crippen LogP) is 8.57. The summed E-state index contributed by atoms with van der Waals surface area (Å²) >= 11 is 6.89. The Bertz CT molecular complexity index is 1630. The largest absolute Gasteiger partial charge is 0.467 e. The van der Waals surface area contributed by atoms with E-state index in [2.05, 4.69) is 36.4 Å². The zero-order valence-electron chi connectivity index (χ0n) is 28.2. The van der Waals surface area contributed by atoms with Gasteiger partial charge in [-0.3, -0.25) is 0 Å². The third kappa shape index (κ3) is 8.53. The average Bonchev–Trinajstić information content (AvgIpc) is 3.19. The Hall–Kier alpha value is -3.86. The minimum atomic E-state index is -0.964. The first-order chi connectivity index (χ1) is 24.6. The summed E-state index contributed by atoms with van der Waals surface area (Å²) in [4.78, 5) is 0. The molecule has 0 aliphatic carbocycles. The first-order valence-electron chi connectivity index (χ1n) is 16.7. The van der Waals surface area contributed by atoms with Gasteiger partial charge in [0, 0.05) is 7.11 Å². The van der Waals surface area contributed by atoms with Crippen LogP contribution in [-0.4, -0.2) is 55.1 Å². The third-order valence-corrected chi connectivity index (χ3v) is 9.82. The van der Waals surface area contributed by atoms with Gasteiger partial charge in [-0.25, -0.2) is 0 Å². The first-order valence-corrected chi connectivity index (χ1v) is 18.3. The minimum Gasteiger partial charge on any atom is -0.467 e. The SMILES string of the molecule is CO[C@H]1O[C@H](COC(c2ccccc2)(c2ccccc2)c2ccccc2)[C@@H](OCc2ccccc2)[C@H](OCc2ccccc2)[C@H]1OC(=S)SC. The van der Waals surface area contributed by atoms with E-state index >= 15 is 0 Å². The molecule has 1 aliphatic heterocycles. The molecule has 0 N–H and O–H groups in total. The maximum atomic E-state index is 7.26. The summed E-state index contributed by atoms with van der Waals surface area (Å²) < 4.78 is 40.2. The molecule has 0 saturated carbocycles. The molecule has 0 spiro atoms. The quantitative estimate of drug-likeness (QED) is 0.0842. The Morgan fingerprint density at radius 3 is 1.46 bits per heavy atom. The van der Waals surface area contributed by atoms with Crippen LogP contribution in [0.2, 0.25) is 0 Å². The van der Waals surface area contributed by atoms with E-state index in [1.807, 2.05) is 122 Å². The number of hydrogen-bond acceptors (Lipinski definition) is 8. The number of ether oxygens (including phenoxy) is 6. The second-order valence-corrected chi connectivity index (χ2v) is 13.3. The maximum Gasteiger partial charge on any atom is 0.220 e. The number of thioether (sulfide) groups is 1. The molecule has 5 aromatic rings. The molecule has 0 radical (unpaired) electrons. The van der Waals surface area contributed by atoms with E-state index in [-0.39, 0.29) is 6.61 Å². The van der Waals surface area contributed by atoms with Crippen molar-refractivity contribution in [1.82, 2.24) is 0 Å². The van der Waals surface area contributed by atoms with E-state index in [0.29, 0.717) is 17.6 Å². The molecular formula is C42H42O6S2. The van der Waals surface area contributed by atoms with Crippen molar-refractivity contribution in [2.45, 2.75) is 49.5 Å². The maximum absolute atomic E-state index is 7.26. The lowest BCUT2D eigenvalue weighted by Crippen LogP contribution is -2.62. The van der Waals surface area contributed by atoms with Crippen molar-refractivity contribution in [2.75, 3.05) is 20.0 Å². The second-order valence-electron chi connectivity index (χ2n) is 11.9. The van der Waals surface area contributed by atoms with E-state index in [4.69, 9.17) is 40.6 Å². The van der Waals surface area contributed by atoms with Gasteiger partial charge in [0.2, 0.25) is 4.38 Å². The highest BCUT2D eigenvalue weighted by molar-refractivity contribution is 8.22. The number of thiocarbonyl (C=S) groups is 1. The summed E-state index contributed by atoms with van der Waals surface area (Å²) in [6.45, 7) is 0.798. The molecule has 6 nitrogen and oxygen atoms in total. The molecule has 1 aliphatic rings. The van der Waals surface area contributed by atoms with Crippen molar-refractivity contribution >= 4 is 28.4 Å². The molecule has 1 saturated heterocycles. The van der Waals surface area contributed by atoms with Crippen molar-refractivity contribution in [2.24, 2.45) is 0 Å². The van der Waals surface area contributed by atoms with E-state index in [0.717, 1.165) is 27.8 Å². The summed E-state index contributed by atoms with van der Waals surface area (Å²) in [5.74, 6) is 0. The van der Waals surface area contributed by atoms with Crippen LogP contribution in [0.4, 0.5) is 0 Å². The lowest BCUT2D eigenvalue weighted by molar-refractivity contribution is -0.311. The summed E-state index contributed by atoms with van der Waals surface area (Å²) in [6, 6.07) is 50.9. The molecule has 50 heavy (non-hydrogen) atoms. The fourth-order valence-electron chi connectivity index (χ4n) is 6.39. The van der Waals surface area contributed by atoms with Crippen molar-refractivity contribution in [1.29, 1.82) is 0 Å². The standard InChI is InChI=1S/C42H42O6S2/c1-43-40-39(48-41(49)50-2)38(45-29-32-20-10-4-11-21-32)37(44-28-31-18-8-3-9-19-31)36(47-40)30-46-42(33-22-12-5-13-23-33,34-24-14-6-15-25-34)35-26-16-7-17-27-35/h3-27,36-40H,28-30H2,1-2H3/t36-,37-,38+,39-,40+/m1/s1. The zero-order valence-corrected chi connectivity index (χ0v) is 29.8. The average molecular weight is 707 g/mol. The molecule has 1 heterocycles. The van der Waals surface area contributed by atoms with E-state index in [1.165, 1.54) is 11.8 Å². The molecule has 6 rings (SSSR count). The Balaban J connectivity index is 1.41. The lowest BCUT2D eigenvalue weighted by Gasteiger charge is -2.46. The predicted molar refractivity (Wildman–Crippen MR) is 202 cm³/mol. The van der Waals surface area contributed by atoms with Gasteiger partial charge >= 0.3 is 0 Å². The van der Waals surface area contributed by atoms with Gasteiger partial charge in [0.15, 0.2) is 12.4 Å². The van der Waals surface area contributed by atoms with Gasteiger partial charge in [-0.15, -0.1) is 0 Å². The van der Waals surface area contributed by atoms with Crippen LogP contribution < -0.4 is 0 Å². The number of hydrogen-bond donors (Lipinski definition) is 0. The molecule has 8 heteroatoms. The van der Waals surface area contributed by atoms with Crippen molar-refractivity contribution in [3.63, 3.8) is 0 Å². The Morgan fingerprint density at radius 1 is 0.620 bits per heavy atom. The topological polar surface area (TPSA) is 55.4 Å². The number of rotatable bonds is 14. The van der Waals surface area contributed by atoms with E-state index in [9.17, 15) is 0 Å². The highest BCUT2D eigenvalue weighted by atomic mass is 32.2. The first kappa shape index (κ1) is 35.9.